The van der Waals surface area contributed by atoms with Crippen LogP contribution in [0.4, 0.5) is 10.5 Å². The molecule has 1 saturated heterocycles. The Kier molecular flexibility index (Phi) is 5.99. The fourth-order valence-electron chi connectivity index (χ4n) is 3.15. The SMILES string of the molecule is CCN1C[C@@H](CN(C)C(=O)NC[C@@H]2COCCO2)Oc2ccccc21. The number of hydrogen-bond donors (Lipinski definition) is 1. The predicted octanol–water partition coefficient (Wildman–Crippen LogP) is 1.33. The lowest BCUT2D eigenvalue weighted by Gasteiger charge is -2.37. The Morgan fingerprint density at radius 2 is 2.16 bits per heavy atom. The van der Waals surface area contributed by atoms with E-state index in [1.165, 1.54) is 0 Å². The zero-order valence-corrected chi connectivity index (χ0v) is 14.9. The second-order valence-corrected chi connectivity index (χ2v) is 6.38. The van der Waals surface area contributed by atoms with Gasteiger partial charge in [0.1, 0.15) is 11.9 Å². The average Bonchev–Trinajstić information content (AvgIpc) is 2.66. The second-order valence-electron chi connectivity index (χ2n) is 6.38. The number of ether oxygens (including phenoxy) is 3. The van der Waals surface area contributed by atoms with Crippen molar-refractivity contribution in [2.75, 3.05) is 57.9 Å². The van der Waals surface area contributed by atoms with Crippen molar-refractivity contribution in [3.8, 4) is 5.75 Å². The molecule has 7 nitrogen and oxygen atoms in total. The van der Waals surface area contributed by atoms with Crippen LogP contribution in [-0.2, 0) is 9.47 Å². The van der Waals surface area contributed by atoms with Crippen LogP contribution >= 0.6 is 0 Å². The number of carbonyl (C=O) groups excluding carboxylic acids is 1. The lowest BCUT2D eigenvalue weighted by molar-refractivity contribution is -0.0855. The number of urea groups is 1. The maximum absolute atomic E-state index is 12.3. The smallest absolute Gasteiger partial charge is 0.317 e. The van der Waals surface area contributed by atoms with Crippen LogP contribution in [0.1, 0.15) is 6.92 Å². The van der Waals surface area contributed by atoms with E-state index in [0.717, 1.165) is 24.5 Å². The number of amides is 2. The molecule has 2 aliphatic rings. The summed E-state index contributed by atoms with van der Waals surface area (Å²) in [4.78, 5) is 16.2. The first kappa shape index (κ1) is 17.8. The third-order valence-corrected chi connectivity index (χ3v) is 4.50. The molecule has 1 N–H and O–H groups in total. The van der Waals surface area contributed by atoms with Crippen molar-refractivity contribution >= 4 is 11.7 Å². The Morgan fingerprint density at radius 3 is 2.92 bits per heavy atom. The van der Waals surface area contributed by atoms with Crippen molar-refractivity contribution < 1.29 is 19.0 Å². The Balaban J connectivity index is 1.50. The van der Waals surface area contributed by atoms with Crippen molar-refractivity contribution in [2.45, 2.75) is 19.1 Å². The van der Waals surface area contributed by atoms with E-state index >= 15 is 0 Å². The molecular weight excluding hydrogens is 322 g/mol. The van der Waals surface area contributed by atoms with Crippen LogP contribution in [-0.4, -0.2) is 76.2 Å². The standard InChI is InChI=1S/C18H27N3O4/c1-3-21-12-15(25-17-7-5-4-6-16(17)21)11-20(2)18(22)19-10-14-13-23-8-9-24-14/h4-7,14-15H,3,8-13H2,1-2H3,(H,19,22)/t14-,15-/m1/s1. The van der Waals surface area contributed by atoms with Crippen molar-refractivity contribution in [1.29, 1.82) is 0 Å². The zero-order valence-electron chi connectivity index (χ0n) is 14.9. The molecule has 7 heteroatoms. The molecule has 2 amide bonds. The summed E-state index contributed by atoms with van der Waals surface area (Å²) in [5.41, 5.74) is 1.11. The number of anilines is 1. The van der Waals surface area contributed by atoms with Gasteiger partial charge in [-0.3, -0.25) is 0 Å². The molecule has 1 fully saturated rings. The molecule has 25 heavy (non-hydrogen) atoms. The van der Waals surface area contributed by atoms with Gasteiger partial charge < -0.3 is 29.3 Å². The molecule has 2 heterocycles. The normalized spacial score (nSPS) is 22.7. The molecule has 138 valence electrons. The topological polar surface area (TPSA) is 63.3 Å². The van der Waals surface area contributed by atoms with Crippen molar-refractivity contribution in [2.24, 2.45) is 0 Å². The molecule has 3 rings (SSSR count). The van der Waals surface area contributed by atoms with Gasteiger partial charge in [0.05, 0.1) is 44.7 Å². The van der Waals surface area contributed by atoms with Crippen molar-refractivity contribution in [3.63, 3.8) is 0 Å². The molecule has 0 aliphatic carbocycles. The minimum absolute atomic E-state index is 0.0557. The third-order valence-electron chi connectivity index (χ3n) is 4.50. The zero-order chi connectivity index (χ0) is 17.6. The summed E-state index contributed by atoms with van der Waals surface area (Å²) in [6, 6.07) is 7.90. The Bertz CT molecular complexity index is 577. The molecular formula is C18H27N3O4. The van der Waals surface area contributed by atoms with Gasteiger partial charge in [-0.1, -0.05) is 12.1 Å². The Morgan fingerprint density at radius 1 is 1.32 bits per heavy atom. The summed E-state index contributed by atoms with van der Waals surface area (Å²) in [6.07, 6.45) is -0.126. The van der Waals surface area contributed by atoms with E-state index in [1.807, 2.05) is 18.2 Å². The molecule has 1 aromatic rings. The highest BCUT2D eigenvalue weighted by atomic mass is 16.6. The number of benzene rings is 1. The van der Waals surface area contributed by atoms with Gasteiger partial charge in [-0.15, -0.1) is 0 Å². The number of likely N-dealkylation sites (N-methyl/N-ethyl adjacent to an activating group) is 2. The van der Waals surface area contributed by atoms with Crippen molar-refractivity contribution in [3.05, 3.63) is 24.3 Å². The fourth-order valence-corrected chi connectivity index (χ4v) is 3.15. The van der Waals surface area contributed by atoms with Gasteiger partial charge in [0.2, 0.25) is 0 Å². The number of nitrogens with one attached hydrogen (secondary N) is 1. The average molecular weight is 349 g/mol. The highest BCUT2D eigenvalue weighted by Gasteiger charge is 2.27. The highest BCUT2D eigenvalue weighted by Crippen LogP contribution is 2.32. The number of carbonyl (C=O) groups is 1. The molecule has 2 aliphatic heterocycles. The molecule has 0 radical (unpaired) electrons. The summed E-state index contributed by atoms with van der Waals surface area (Å²) in [5, 5.41) is 2.90. The summed E-state index contributed by atoms with van der Waals surface area (Å²) in [5.74, 6) is 0.877. The highest BCUT2D eigenvalue weighted by molar-refractivity contribution is 5.74. The van der Waals surface area contributed by atoms with Crippen molar-refractivity contribution in [1.82, 2.24) is 10.2 Å². The molecule has 0 saturated carbocycles. The number of nitrogens with zero attached hydrogens (tertiary/aromatic N) is 2. The second kappa shape index (κ2) is 8.40. The fraction of sp³-hybridized carbons (Fsp3) is 0.611. The quantitative estimate of drug-likeness (QED) is 0.869. The molecule has 0 unspecified atom stereocenters. The lowest BCUT2D eigenvalue weighted by Crippen LogP contribution is -2.50. The van der Waals surface area contributed by atoms with Crippen LogP contribution in [0, 0.1) is 0 Å². The minimum atomic E-state index is -0.125. The maximum Gasteiger partial charge on any atom is 0.317 e. The summed E-state index contributed by atoms with van der Waals surface area (Å²) in [6.45, 7) is 6.52. The monoisotopic (exact) mass is 349 g/mol. The van der Waals surface area contributed by atoms with Crippen LogP contribution in [0.15, 0.2) is 24.3 Å². The van der Waals surface area contributed by atoms with E-state index in [1.54, 1.807) is 11.9 Å². The minimum Gasteiger partial charge on any atom is -0.485 e. The number of fused-ring (bicyclic) bond motifs is 1. The lowest BCUT2D eigenvalue weighted by atomic mass is 10.2. The Labute approximate surface area is 148 Å². The van der Waals surface area contributed by atoms with Gasteiger partial charge in [-0.05, 0) is 19.1 Å². The van der Waals surface area contributed by atoms with Crippen LogP contribution < -0.4 is 15.0 Å². The summed E-state index contributed by atoms with van der Waals surface area (Å²) >= 11 is 0. The van der Waals surface area contributed by atoms with Gasteiger partial charge in [-0.2, -0.15) is 0 Å². The van der Waals surface area contributed by atoms with Gasteiger partial charge >= 0.3 is 6.03 Å². The number of hydrogen-bond acceptors (Lipinski definition) is 5. The van der Waals surface area contributed by atoms with E-state index in [-0.39, 0.29) is 18.2 Å². The first-order valence-corrected chi connectivity index (χ1v) is 8.86. The first-order valence-electron chi connectivity index (χ1n) is 8.86. The van der Waals surface area contributed by atoms with Crippen LogP contribution in [0.5, 0.6) is 5.75 Å². The van der Waals surface area contributed by atoms with Crippen LogP contribution in [0.25, 0.3) is 0 Å². The van der Waals surface area contributed by atoms with E-state index in [2.05, 4.69) is 23.2 Å². The Hall–Kier alpha value is -1.99. The number of para-hydroxylation sites is 2. The first-order chi connectivity index (χ1) is 12.2. The largest absolute Gasteiger partial charge is 0.485 e. The van der Waals surface area contributed by atoms with E-state index in [0.29, 0.717) is 32.9 Å². The number of rotatable bonds is 5. The van der Waals surface area contributed by atoms with E-state index in [4.69, 9.17) is 14.2 Å². The molecule has 0 aromatic heterocycles. The van der Waals surface area contributed by atoms with Crippen LogP contribution in [0.2, 0.25) is 0 Å². The molecule has 1 aromatic carbocycles. The third kappa shape index (κ3) is 4.55. The van der Waals surface area contributed by atoms with Gasteiger partial charge in [0.15, 0.2) is 0 Å². The molecule has 2 atom stereocenters. The summed E-state index contributed by atoms with van der Waals surface area (Å²) in [7, 11) is 1.79. The van der Waals surface area contributed by atoms with E-state index in [9.17, 15) is 4.79 Å². The predicted molar refractivity (Wildman–Crippen MR) is 95.3 cm³/mol. The van der Waals surface area contributed by atoms with Gasteiger partial charge in [0.25, 0.3) is 0 Å². The maximum atomic E-state index is 12.3. The van der Waals surface area contributed by atoms with Gasteiger partial charge in [-0.25, -0.2) is 4.79 Å². The van der Waals surface area contributed by atoms with Crippen LogP contribution in [0.3, 0.4) is 0 Å². The van der Waals surface area contributed by atoms with Gasteiger partial charge in [0, 0.05) is 20.1 Å². The molecule has 0 spiro atoms. The van der Waals surface area contributed by atoms with E-state index < -0.39 is 0 Å². The summed E-state index contributed by atoms with van der Waals surface area (Å²) < 4.78 is 16.9. The molecule has 0 bridgehead atoms.